The van der Waals surface area contributed by atoms with E-state index < -0.39 is 0 Å². The van der Waals surface area contributed by atoms with E-state index in [9.17, 15) is 9.18 Å². The maximum Gasteiger partial charge on any atom is 0.244 e. The maximum absolute atomic E-state index is 12.8. The van der Waals surface area contributed by atoms with Crippen molar-refractivity contribution in [3.63, 3.8) is 0 Å². The van der Waals surface area contributed by atoms with Gasteiger partial charge in [0.15, 0.2) is 0 Å². The Morgan fingerprint density at radius 1 is 1.08 bits per heavy atom. The standard InChI is InChI=1S/C19H14ClFN2O2/c20-15-5-3-14(4-6-15)18-10-9-17(25-18)12-22-23-19(24)11-13-1-7-16(21)8-2-13/h1-10,12H,11H2,(H,23,24)/b22-12+. The van der Waals surface area contributed by atoms with Crippen molar-refractivity contribution in [2.45, 2.75) is 6.42 Å². The van der Waals surface area contributed by atoms with Gasteiger partial charge in [0.2, 0.25) is 5.91 Å². The SMILES string of the molecule is O=C(Cc1ccc(F)cc1)N/N=C/c1ccc(-c2ccc(Cl)cc2)o1. The summed E-state index contributed by atoms with van der Waals surface area (Å²) in [6.07, 6.45) is 1.54. The monoisotopic (exact) mass is 356 g/mol. The molecule has 0 aliphatic carbocycles. The number of carbonyl (C=O) groups excluding carboxylic acids is 1. The summed E-state index contributed by atoms with van der Waals surface area (Å²) in [4.78, 5) is 11.8. The zero-order chi connectivity index (χ0) is 17.6. The largest absolute Gasteiger partial charge is 0.455 e. The predicted molar refractivity (Wildman–Crippen MR) is 95.0 cm³/mol. The van der Waals surface area contributed by atoms with Crippen LogP contribution in [0.2, 0.25) is 5.02 Å². The van der Waals surface area contributed by atoms with Crippen molar-refractivity contribution in [1.29, 1.82) is 0 Å². The van der Waals surface area contributed by atoms with Crippen LogP contribution in [0.1, 0.15) is 11.3 Å². The van der Waals surface area contributed by atoms with Gasteiger partial charge < -0.3 is 4.42 Å². The van der Waals surface area contributed by atoms with Crippen LogP contribution in [0.5, 0.6) is 0 Å². The van der Waals surface area contributed by atoms with Gasteiger partial charge in [-0.1, -0.05) is 23.7 Å². The minimum Gasteiger partial charge on any atom is -0.455 e. The number of furan rings is 1. The Morgan fingerprint density at radius 3 is 2.52 bits per heavy atom. The van der Waals surface area contributed by atoms with E-state index in [1.54, 1.807) is 30.3 Å². The molecule has 0 spiro atoms. The first-order valence-electron chi connectivity index (χ1n) is 7.52. The minimum atomic E-state index is -0.337. The molecule has 0 aliphatic heterocycles. The van der Waals surface area contributed by atoms with Crippen molar-refractivity contribution >= 4 is 23.7 Å². The van der Waals surface area contributed by atoms with Crippen LogP contribution < -0.4 is 5.43 Å². The second-order valence-corrected chi connectivity index (χ2v) is 5.74. The molecule has 1 N–H and O–H groups in total. The highest BCUT2D eigenvalue weighted by atomic mass is 35.5. The number of halogens is 2. The quantitative estimate of drug-likeness (QED) is 0.543. The molecule has 3 rings (SSSR count). The summed E-state index contributed by atoms with van der Waals surface area (Å²) in [5.41, 5.74) is 4.01. The maximum atomic E-state index is 12.8. The predicted octanol–water partition coefficient (Wildman–Crippen LogP) is 4.43. The molecule has 6 heteroatoms. The molecule has 0 unspecified atom stereocenters. The van der Waals surface area contributed by atoms with Gasteiger partial charge in [0.05, 0.1) is 12.6 Å². The fourth-order valence-corrected chi connectivity index (χ4v) is 2.31. The van der Waals surface area contributed by atoms with Crippen LogP contribution >= 0.6 is 11.6 Å². The summed E-state index contributed by atoms with van der Waals surface area (Å²) in [5, 5.41) is 4.52. The lowest BCUT2D eigenvalue weighted by Gasteiger charge is -2.00. The average molecular weight is 357 g/mol. The Bertz CT molecular complexity index is 887. The van der Waals surface area contributed by atoms with Crippen LogP contribution in [0.4, 0.5) is 4.39 Å². The lowest BCUT2D eigenvalue weighted by molar-refractivity contribution is -0.120. The zero-order valence-corrected chi connectivity index (χ0v) is 13.8. The third-order valence-corrected chi connectivity index (χ3v) is 3.67. The van der Waals surface area contributed by atoms with Crippen molar-refractivity contribution in [3.8, 4) is 11.3 Å². The summed E-state index contributed by atoms with van der Waals surface area (Å²) in [6.45, 7) is 0. The molecule has 1 amide bonds. The third-order valence-electron chi connectivity index (χ3n) is 3.41. The second-order valence-electron chi connectivity index (χ2n) is 5.31. The molecule has 1 aromatic heterocycles. The molecule has 0 radical (unpaired) electrons. The highest BCUT2D eigenvalue weighted by Gasteiger charge is 2.04. The molecular weight excluding hydrogens is 343 g/mol. The van der Waals surface area contributed by atoms with Gasteiger partial charge in [-0.2, -0.15) is 5.10 Å². The topological polar surface area (TPSA) is 54.6 Å². The van der Waals surface area contributed by atoms with Crippen molar-refractivity contribution < 1.29 is 13.6 Å². The van der Waals surface area contributed by atoms with Crippen molar-refractivity contribution in [2.75, 3.05) is 0 Å². The Labute approximate surface area is 148 Å². The van der Waals surface area contributed by atoms with E-state index in [0.29, 0.717) is 22.1 Å². The lowest BCUT2D eigenvalue weighted by atomic mass is 10.1. The van der Waals surface area contributed by atoms with Crippen LogP contribution in [0, 0.1) is 5.82 Å². The van der Waals surface area contributed by atoms with Gasteiger partial charge in [0, 0.05) is 10.6 Å². The number of amides is 1. The number of nitrogens with one attached hydrogen (secondary N) is 1. The van der Waals surface area contributed by atoms with Crippen molar-refractivity contribution in [1.82, 2.24) is 5.43 Å². The van der Waals surface area contributed by atoms with E-state index in [1.807, 2.05) is 18.2 Å². The second kappa shape index (κ2) is 7.77. The summed E-state index contributed by atoms with van der Waals surface area (Å²) in [7, 11) is 0. The fraction of sp³-hybridized carbons (Fsp3) is 0.0526. The third kappa shape index (κ3) is 4.78. The highest BCUT2D eigenvalue weighted by Crippen LogP contribution is 2.23. The highest BCUT2D eigenvalue weighted by molar-refractivity contribution is 6.30. The Morgan fingerprint density at radius 2 is 1.80 bits per heavy atom. The van der Waals surface area contributed by atoms with Crippen LogP contribution in [-0.2, 0) is 11.2 Å². The first kappa shape index (κ1) is 16.9. The van der Waals surface area contributed by atoms with Crippen LogP contribution in [0.3, 0.4) is 0 Å². The molecule has 0 aliphatic rings. The van der Waals surface area contributed by atoms with Gasteiger partial charge in [-0.25, -0.2) is 9.82 Å². The van der Waals surface area contributed by atoms with Gasteiger partial charge in [-0.15, -0.1) is 0 Å². The molecule has 4 nitrogen and oxygen atoms in total. The van der Waals surface area contributed by atoms with Crippen LogP contribution in [-0.4, -0.2) is 12.1 Å². The van der Waals surface area contributed by atoms with Gasteiger partial charge in [-0.3, -0.25) is 4.79 Å². The molecule has 126 valence electrons. The first-order chi connectivity index (χ1) is 12.1. The van der Waals surface area contributed by atoms with Gasteiger partial charge in [-0.05, 0) is 54.1 Å². The summed E-state index contributed by atoms with van der Waals surface area (Å²) < 4.78 is 18.5. The van der Waals surface area contributed by atoms with E-state index >= 15 is 0 Å². The van der Waals surface area contributed by atoms with Crippen molar-refractivity contribution in [3.05, 3.63) is 82.8 Å². The van der Waals surface area contributed by atoms with Gasteiger partial charge in [0.25, 0.3) is 0 Å². The first-order valence-corrected chi connectivity index (χ1v) is 7.90. The van der Waals surface area contributed by atoms with E-state index in [4.69, 9.17) is 16.0 Å². The molecule has 25 heavy (non-hydrogen) atoms. The van der Waals surface area contributed by atoms with E-state index in [2.05, 4.69) is 10.5 Å². The number of hydrogen-bond acceptors (Lipinski definition) is 3. The molecule has 0 bridgehead atoms. The summed E-state index contributed by atoms with van der Waals surface area (Å²) in [5.74, 6) is 0.548. The Balaban J connectivity index is 1.56. The number of hydrazone groups is 1. The van der Waals surface area contributed by atoms with Gasteiger partial charge in [0.1, 0.15) is 17.3 Å². The van der Waals surface area contributed by atoms with Crippen molar-refractivity contribution in [2.24, 2.45) is 5.10 Å². The molecule has 0 saturated carbocycles. The number of hydrogen-bond donors (Lipinski definition) is 1. The number of nitrogens with zero attached hydrogens (tertiary/aromatic N) is 1. The molecular formula is C19H14ClFN2O2. The Kier molecular flexibility index (Phi) is 5.26. The number of carbonyl (C=O) groups is 1. The van der Waals surface area contributed by atoms with E-state index in [0.717, 1.165) is 5.56 Å². The van der Waals surface area contributed by atoms with Crippen LogP contribution in [0.15, 0.2) is 70.2 Å². The Hall–Kier alpha value is -2.92. The molecule has 0 fully saturated rings. The van der Waals surface area contributed by atoms with E-state index in [-0.39, 0.29) is 18.1 Å². The van der Waals surface area contributed by atoms with E-state index in [1.165, 1.54) is 18.3 Å². The molecule has 1 heterocycles. The van der Waals surface area contributed by atoms with Crippen LogP contribution in [0.25, 0.3) is 11.3 Å². The zero-order valence-electron chi connectivity index (χ0n) is 13.1. The molecule has 3 aromatic rings. The van der Waals surface area contributed by atoms with Gasteiger partial charge >= 0.3 is 0 Å². The fourth-order valence-electron chi connectivity index (χ4n) is 2.19. The molecule has 0 saturated heterocycles. The number of rotatable bonds is 5. The average Bonchev–Trinajstić information content (AvgIpc) is 3.06. The summed E-state index contributed by atoms with van der Waals surface area (Å²) in [6, 6.07) is 16.6. The summed E-state index contributed by atoms with van der Waals surface area (Å²) >= 11 is 5.86. The molecule has 2 aromatic carbocycles. The molecule has 0 atom stereocenters. The smallest absolute Gasteiger partial charge is 0.244 e. The lowest BCUT2D eigenvalue weighted by Crippen LogP contribution is -2.19. The number of benzene rings is 2. The minimum absolute atomic E-state index is 0.117. The normalized spacial score (nSPS) is 11.0.